The standard InChI is InChI=1S/C19H29NO2/c1-4-16-14-17(6-7-19(16)22-5-2)18(21)10-13-20-11-8-15(3)9-12-20/h6-7,14-15H,4-5,8-13H2,1-3H3. The first-order valence-electron chi connectivity index (χ1n) is 8.65. The topological polar surface area (TPSA) is 29.5 Å². The summed E-state index contributed by atoms with van der Waals surface area (Å²) in [7, 11) is 0. The SMILES string of the molecule is CCOc1ccc(C(=O)CCN2CCC(C)CC2)cc1CC. The first kappa shape index (κ1) is 17.0. The Balaban J connectivity index is 1.91. The van der Waals surface area contributed by atoms with E-state index in [9.17, 15) is 4.79 Å². The van der Waals surface area contributed by atoms with E-state index in [1.807, 2.05) is 25.1 Å². The largest absolute Gasteiger partial charge is 0.494 e. The number of piperidine rings is 1. The molecule has 1 aliphatic rings. The van der Waals surface area contributed by atoms with Crippen molar-refractivity contribution in [2.45, 2.75) is 46.5 Å². The molecule has 1 aromatic carbocycles. The molecule has 1 aliphatic heterocycles. The molecule has 122 valence electrons. The fourth-order valence-electron chi connectivity index (χ4n) is 3.02. The molecule has 1 fully saturated rings. The molecule has 22 heavy (non-hydrogen) atoms. The van der Waals surface area contributed by atoms with Crippen molar-refractivity contribution < 1.29 is 9.53 Å². The number of rotatable bonds is 7. The van der Waals surface area contributed by atoms with E-state index in [4.69, 9.17) is 4.74 Å². The molecule has 0 unspecified atom stereocenters. The van der Waals surface area contributed by atoms with Gasteiger partial charge in [-0.1, -0.05) is 13.8 Å². The van der Waals surface area contributed by atoms with Crippen LogP contribution in [0.15, 0.2) is 18.2 Å². The smallest absolute Gasteiger partial charge is 0.164 e. The summed E-state index contributed by atoms with van der Waals surface area (Å²) in [6.45, 7) is 10.2. The summed E-state index contributed by atoms with van der Waals surface area (Å²) in [6.07, 6.45) is 4.03. The van der Waals surface area contributed by atoms with Crippen LogP contribution in [0.2, 0.25) is 0 Å². The first-order chi connectivity index (χ1) is 10.6. The number of ether oxygens (including phenoxy) is 1. The number of ketones is 1. The number of aryl methyl sites for hydroxylation is 1. The lowest BCUT2D eigenvalue weighted by Gasteiger charge is -2.29. The molecule has 0 aromatic heterocycles. The molecule has 0 spiro atoms. The number of benzene rings is 1. The molecule has 0 atom stereocenters. The van der Waals surface area contributed by atoms with E-state index < -0.39 is 0 Å². The van der Waals surface area contributed by atoms with Gasteiger partial charge in [-0.25, -0.2) is 0 Å². The van der Waals surface area contributed by atoms with Gasteiger partial charge in [0.15, 0.2) is 5.78 Å². The average molecular weight is 303 g/mol. The molecule has 3 heteroatoms. The molecule has 0 aliphatic carbocycles. The van der Waals surface area contributed by atoms with Crippen LogP contribution in [-0.2, 0) is 6.42 Å². The molecular weight excluding hydrogens is 274 g/mol. The minimum absolute atomic E-state index is 0.247. The summed E-state index contributed by atoms with van der Waals surface area (Å²) >= 11 is 0. The van der Waals surface area contributed by atoms with E-state index in [1.54, 1.807) is 0 Å². The van der Waals surface area contributed by atoms with Gasteiger partial charge in [-0.3, -0.25) is 4.79 Å². The van der Waals surface area contributed by atoms with Crippen molar-refractivity contribution in [1.82, 2.24) is 4.90 Å². The number of nitrogens with zero attached hydrogens (tertiary/aromatic N) is 1. The molecule has 0 N–H and O–H groups in total. The maximum absolute atomic E-state index is 12.4. The van der Waals surface area contributed by atoms with Crippen LogP contribution >= 0.6 is 0 Å². The van der Waals surface area contributed by atoms with Crippen LogP contribution in [0, 0.1) is 5.92 Å². The normalized spacial score (nSPS) is 16.7. The number of hydrogen-bond acceptors (Lipinski definition) is 3. The Hall–Kier alpha value is -1.35. The van der Waals surface area contributed by atoms with Crippen molar-refractivity contribution in [2.24, 2.45) is 5.92 Å². The third-order valence-corrected chi connectivity index (χ3v) is 4.59. The Kier molecular flexibility index (Phi) is 6.44. The summed E-state index contributed by atoms with van der Waals surface area (Å²) in [4.78, 5) is 14.8. The van der Waals surface area contributed by atoms with Crippen LogP contribution in [0.1, 0.15) is 56.0 Å². The van der Waals surface area contributed by atoms with E-state index in [-0.39, 0.29) is 5.78 Å². The van der Waals surface area contributed by atoms with Crippen LogP contribution in [0.5, 0.6) is 5.75 Å². The van der Waals surface area contributed by atoms with Gasteiger partial charge in [0.05, 0.1) is 6.61 Å². The lowest BCUT2D eigenvalue weighted by atomic mass is 9.98. The zero-order chi connectivity index (χ0) is 15.9. The van der Waals surface area contributed by atoms with Crippen molar-refractivity contribution in [1.29, 1.82) is 0 Å². The zero-order valence-corrected chi connectivity index (χ0v) is 14.2. The second-order valence-electron chi connectivity index (χ2n) is 6.31. The highest BCUT2D eigenvalue weighted by Gasteiger charge is 2.17. The van der Waals surface area contributed by atoms with Gasteiger partial charge in [-0.05, 0) is 69.0 Å². The van der Waals surface area contributed by atoms with E-state index >= 15 is 0 Å². The molecule has 2 rings (SSSR count). The lowest BCUT2D eigenvalue weighted by molar-refractivity contribution is 0.0952. The zero-order valence-electron chi connectivity index (χ0n) is 14.2. The van der Waals surface area contributed by atoms with Gasteiger partial charge in [0.2, 0.25) is 0 Å². The molecule has 1 heterocycles. The minimum atomic E-state index is 0.247. The highest BCUT2D eigenvalue weighted by molar-refractivity contribution is 5.96. The Morgan fingerprint density at radius 1 is 1.27 bits per heavy atom. The second-order valence-corrected chi connectivity index (χ2v) is 6.31. The van der Waals surface area contributed by atoms with Crippen LogP contribution in [-0.4, -0.2) is 36.9 Å². The molecule has 0 amide bonds. The average Bonchev–Trinajstić information content (AvgIpc) is 2.54. The van der Waals surface area contributed by atoms with Crippen molar-refractivity contribution in [2.75, 3.05) is 26.2 Å². The molecule has 1 saturated heterocycles. The van der Waals surface area contributed by atoms with E-state index in [1.165, 1.54) is 12.8 Å². The summed E-state index contributed by atoms with van der Waals surface area (Å²) < 4.78 is 5.61. The van der Waals surface area contributed by atoms with Crippen LogP contribution in [0.4, 0.5) is 0 Å². The molecule has 3 nitrogen and oxygen atoms in total. The van der Waals surface area contributed by atoms with Crippen molar-refractivity contribution in [3.05, 3.63) is 29.3 Å². The second kappa shape index (κ2) is 8.33. The van der Waals surface area contributed by atoms with E-state index in [2.05, 4.69) is 18.7 Å². The highest BCUT2D eigenvalue weighted by Crippen LogP contribution is 2.22. The van der Waals surface area contributed by atoms with Gasteiger partial charge in [0.25, 0.3) is 0 Å². The summed E-state index contributed by atoms with van der Waals surface area (Å²) in [6, 6.07) is 5.86. The van der Waals surface area contributed by atoms with Crippen molar-refractivity contribution >= 4 is 5.78 Å². The third-order valence-electron chi connectivity index (χ3n) is 4.59. The summed E-state index contributed by atoms with van der Waals surface area (Å²) in [5.41, 5.74) is 1.95. The Bertz CT molecular complexity index is 490. The summed E-state index contributed by atoms with van der Waals surface area (Å²) in [5.74, 6) is 1.99. The minimum Gasteiger partial charge on any atom is -0.494 e. The lowest BCUT2D eigenvalue weighted by Crippen LogP contribution is -2.34. The maximum atomic E-state index is 12.4. The molecule has 0 bridgehead atoms. The van der Waals surface area contributed by atoms with Crippen molar-refractivity contribution in [3.8, 4) is 5.75 Å². The van der Waals surface area contributed by atoms with Crippen molar-refractivity contribution in [3.63, 3.8) is 0 Å². The molecule has 0 saturated carbocycles. The molecular formula is C19H29NO2. The molecule has 1 aromatic rings. The Morgan fingerprint density at radius 2 is 2.00 bits per heavy atom. The number of Topliss-reactive ketones (excluding diaryl/α,β-unsaturated/α-hetero) is 1. The van der Waals surface area contributed by atoms with E-state index in [0.717, 1.165) is 48.8 Å². The van der Waals surface area contributed by atoms with Gasteiger partial charge in [-0.2, -0.15) is 0 Å². The number of carbonyl (C=O) groups excluding carboxylic acids is 1. The van der Waals surface area contributed by atoms with Gasteiger partial charge in [-0.15, -0.1) is 0 Å². The highest BCUT2D eigenvalue weighted by atomic mass is 16.5. The van der Waals surface area contributed by atoms with Gasteiger partial charge in [0, 0.05) is 18.5 Å². The van der Waals surface area contributed by atoms with Crippen LogP contribution in [0.3, 0.4) is 0 Å². The third kappa shape index (κ3) is 4.57. The Morgan fingerprint density at radius 3 is 2.64 bits per heavy atom. The maximum Gasteiger partial charge on any atom is 0.164 e. The monoisotopic (exact) mass is 303 g/mol. The number of hydrogen-bond donors (Lipinski definition) is 0. The van der Waals surface area contributed by atoms with Gasteiger partial charge in [0.1, 0.15) is 5.75 Å². The molecule has 0 radical (unpaired) electrons. The van der Waals surface area contributed by atoms with Crippen LogP contribution in [0.25, 0.3) is 0 Å². The quantitative estimate of drug-likeness (QED) is 0.714. The fourth-order valence-corrected chi connectivity index (χ4v) is 3.02. The predicted molar refractivity (Wildman–Crippen MR) is 90.8 cm³/mol. The Labute approximate surface area is 134 Å². The van der Waals surface area contributed by atoms with Crippen LogP contribution < -0.4 is 4.74 Å². The number of carbonyl (C=O) groups is 1. The summed E-state index contributed by atoms with van der Waals surface area (Å²) in [5, 5.41) is 0. The predicted octanol–water partition coefficient (Wildman–Crippen LogP) is 3.95. The van der Waals surface area contributed by atoms with E-state index in [0.29, 0.717) is 13.0 Å². The fraction of sp³-hybridized carbons (Fsp3) is 0.632. The van der Waals surface area contributed by atoms with Gasteiger partial charge >= 0.3 is 0 Å². The first-order valence-corrected chi connectivity index (χ1v) is 8.65. The van der Waals surface area contributed by atoms with Gasteiger partial charge < -0.3 is 9.64 Å². The number of likely N-dealkylation sites (tertiary alicyclic amines) is 1.